The van der Waals surface area contributed by atoms with Crippen molar-refractivity contribution in [1.29, 1.82) is 0 Å². The van der Waals surface area contributed by atoms with Crippen LogP contribution in [0.25, 0.3) is 99.8 Å². The lowest BCUT2D eigenvalue weighted by Crippen LogP contribution is -2.10. The standard InChI is InChI=1S/C59H38N2O2/c1-4-15-40(16-5-1)49-22-12-13-23-50(49)42-26-28-46(29-27-42)61(47-30-32-51(41-17-6-2-7-18-41)52(35-47)45-25-24-39-14-10-11-21-44(39)34-45)48-31-33-56-53(36-48)54-37-58-55(38-57(54)62-56)60-59(63-58)43-19-8-3-9-20-43/h1-38H. The Morgan fingerprint density at radius 1 is 0.302 bits per heavy atom. The van der Waals surface area contributed by atoms with E-state index in [4.69, 9.17) is 13.8 Å². The predicted octanol–water partition coefficient (Wildman–Crippen LogP) is 16.7. The van der Waals surface area contributed by atoms with Crippen LogP contribution in [-0.2, 0) is 0 Å². The van der Waals surface area contributed by atoms with Gasteiger partial charge in [0.1, 0.15) is 16.7 Å². The largest absolute Gasteiger partial charge is 0.456 e. The number of furan rings is 1. The van der Waals surface area contributed by atoms with Crippen molar-refractivity contribution in [3.8, 4) is 56.0 Å². The molecule has 296 valence electrons. The minimum absolute atomic E-state index is 0.588. The Morgan fingerprint density at radius 3 is 1.56 bits per heavy atom. The van der Waals surface area contributed by atoms with Gasteiger partial charge in [0, 0.05) is 39.5 Å². The van der Waals surface area contributed by atoms with Crippen LogP contribution in [0.15, 0.2) is 239 Å². The fraction of sp³-hybridized carbons (Fsp3) is 0. The molecule has 63 heavy (non-hydrogen) atoms. The Morgan fingerprint density at radius 2 is 0.841 bits per heavy atom. The molecule has 4 nitrogen and oxygen atoms in total. The van der Waals surface area contributed by atoms with E-state index in [2.05, 4.69) is 199 Å². The van der Waals surface area contributed by atoms with Crippen molar-refractivity contribution in [3.63, 3.8) is 0 Å². The van der Waals surface area contributed by atoms with Gasteiger partial charge >= 0.3 is 0 Å². The molecule has 12 rings (SSSR count). The van der Waals surface area contributed by atoms with Gasteiger partial charge in [-0.15, -0.1) is 0 Å². The topological polar surface area (TPSA) is 42.4 Å². The molecule has 0 unspecified atom stereocenters. The summed E-state index contributed by atoms with van der Waals surface area (Å²) < 4.78 is 12.9. The number of oxazole rings is 1. The first-order chi connectivity index (χ1) is 31.2. The number of fused-ring (bicyclic) bond motifs is 5. The SMILES string of the molecule is c1ccc(-c2nc3cc4oc5ccc(N(c6ccc(-c7ccccc7-c7ccccc7)cc6)c6ccc(-c7ccccc7)c(-c7ccc8ccccc8c7)c6)cc5c4cc3o2)cc1. The van der Waals surface area contributed by atoms with E-state index in [0.29, 0.717) is 11.5 Å². The predicted molar refractivity (Wildman–Crippen MR) is 261 cm³/mol. The molecule has 2 aromatic heterocycles. The summed E-state index contributed by atoms with van der Waals surface area (Å²) in [6, 6.07) is 81.6. The molecule has 0 spiro atoms. The number of anilines is 3. The molecule has 10 aromatic carbocycles. The van der Waals surface area contributed by atoms with Crippen LogP contribution in [0.3, 0.4) is 0 Å². The number of aromatic nitrogens is 1. The second-order valence-electron chi connectivity index (χ2n) is 15.9. The highest BCUT2D eigenvalue weighted by Gasteiger charge is 2.20. The first kappa shape index (κ1) is 36.4. The van der Waals surface area contributed by atoms with Crippen molar-refractivity contribution in [2.24, 2.45) is 0 Å². The monoisotopic (exact) mass is 806 g/mol. The highest BCUT2D eigenvalue weighted by molar-refractivity contribution is 6.10. The van der Waals surface area contributed by atoms with E-state index in [-0.39, 0.29) is 0 Å². The first-order valence-electron chi connectivity index (χ1n) is 21.3. The molecule has 0 saturated carbocycles. The lowest BCUT2D eigenvalue weighted by atomic mass is 9.92. The first-order valence-corrected chi connectivity index (χ1v) is 21.3. The van der Waals surface area contributed by atoms with Crippen LogP contribution < -0.4 is 4.90 Å². The van der Waals surface area contributed by atoms with Crippen LogP contribution in [0.1, 0.15) is 0 Å². The summed E-state index contributed by atoms with van der Waals surface area (Å²) in [5, 5.41) is 4.39. The molecule has 0 aliphatic carbocycles. The smallest absolute Gasteiger partial charge is 0.227 e. The summed E-state index contributed by atoms with van der Waals surface area (Å²) in [5.74, 6) is 0.588. The van der Waals surface area contributed by atoms with Gasteiger partial charge in [-0.25, -0.2) is 4.98 Å². The van der Waals surface area contributed by atoms with E-state index in [1.165, 1.54) is 38.6 Å². The minimum atomic E-state index is 0.588. The van der Waals surface area contributed by atoms with Crippen molar-refractivity contribution < 1.29 is 8.83 Å². The maximum Gasteiger partial charge on any atom is 0.227 e. The Hall–Kier alpha value is -8.47. The molecule has 0 amide bonds. The molecule has 0 aliphatic heterocycles. The summed E-state index contributed by atoms with van der Waals surface area (Å²) >= 11 is 0. The van der Waals surface area contributed by atoms with E-state index in [1.807, 2.05) is 36.4 Å². The second-order valence-corrected chi connectivity index (χ2v) is 15.9. The van der Waals surface area contributed by atoms with Crippen LogP contribution in [0, 0.1) is 0 Å². The minimum Gasteiger partial charge on any atom is -0.456 e. The highest BCUT2D eigenvalue weighted by atomic mass is 16.4. The van der Waals surface area contributed by atoms with Gasteiger partial charge in [0.05, 0.1) is 0 Å². The van der Waals surface area contributed by atoms with E-state index < -0.39 is 0 Å². The van der Waals surface area contributed by atoms with Crippen molar-refractivity contribution in [2.75, 3.05) is 4.90 Å². The van der Waals surface area contributed by atoms with Crippen LogP contribution in [0.2, 0.25) is 0 Å². The number of rotatable bonds is 8. The molecule has 0 fully saturated rings. The van der Waals surface area contributed by atoms with Gasteiger partial charge in [-0.05, 0) is 122 Å². The van der Waals surface area contributed by atoms with Crippen LogP contribution in [0.5, 0.6) is 0 Å². The Bertz CT molecular complexity index is 3610. The summed E-state index contributed by atoms with van der Waals surface area (Å²) in [4.78, 5) is 7.18. The summed E-state index contributed by atoms with van der Waals surface area (Å²) in [7, 11) is 0. The summed E-state index contributed by atoms with van der Waals surface area (Å²) in [6.07, 6.45) is 0. The van der Waals surface area contributed by atoms with Gasteiger partial charge in [-0.3, -0.25) is 0 Å². The molecular weight excluding hydrogens is 769 g/mol. The average molecular weight is 807 g/mol. The second kappa shape index (κ2) is 15.2. The summed E-state index contributed by atoms with van der Waals surface area (Å²) in [6.45, 7) is 0. The maximum atomic E-state index is 6.51. The third kappa shape index (κ3) is 6.62. The average Bonchev–Trinajstić information content (AvgIpc) is 3.94. The highest BCUT2D eigenvalue weighted by Crippen LogP contribution is 2.44. The van der Waals surface area contributed by atoms with Gasteiger partial charge in [-0.1, -0.05) is 158 Å². The van der Waals surface area contributed by atoms with E-state index in [9.17, 15) is 0 Å². The summed E-state index contributed by atoms with van der Waals surface area (Å²) in [5.41, 5.74) is 16.4. The molecule has 0 radical (unpaired) electrons. The third-order valence-corrected chi connectivity index (χ3v) is 12.1. The fourth-order valence-electron chi connectivity index (χ4n) is 9.01. The van der Waals surface area contributed by atoms with Crippen molar-refractivity contribution in [1.82, 2.24) is 4.98 Å². The Balaban J connectivity index is 1.04. The zero-order valence-corrected chi connectivity index (χ0v) is 34.2. The van der Waals surface area contributed by atoms with E-state index in [1.54, 1.807) is 0 Å². The normalized spacial score (nSPS) is 11.5. The maximum absolute atomic E-state index is 6.51. The van der Waals surface area contributed by atoms with E-state index >= 15 is 0 Å². The molecule has 0 saturated heterocycles. The third-order valence-electron chi connectivity index (χ3n) is 12.1. The Kier molecular flexibility index (Phi) is 8.79. The molecule has 12 aromatic rings. The van der Waals surface area contributed by atoms with Gasteiger partial charge in [-0.2, -0.15) is 0 Å². The molecule has 0 aliphatic rings. The number of hydrogen-bond acceptors (Lipinski definition) is 4. The molecule has 0 N–H and O–H groups in total. The van der Waals surface area contributed by atoms with Crippen LogP contribution >= 0.6 is 0 Å². The number of nitrogens with zero attached hydrogens (tertiary/aromatic N) is 2. The Labute approximate surface area is 364 Å². The van der Waals surface area contributed by atoms with Crippen molar-refractivity contribution >= 4 is 60.9 Å². The zero-order chi connectivity index (χ0) is 41.7. The zero-order valence-electron chi connectivity index (χ0n) is 34.2. The number of benzene rings is 10. The van der Waals surface area contributed by atoms with Crippen molar-refractivity contribution in [2.45, 2.75) is 0 Å². The van der Waals surface area contributed by atoms with E-state index in [0.717, 1.165) is 66.8 Å². The quantitative estimate of drug-likeness (QED) is 0.153. The van der Waals surface area contributed by atoms with Gasteiger partial charge in [0.25, 0.3) is 0 Å². The fourth-order valence-corrected chi connectivity index (χ4v) is 9.01. The van der Waals surface area contributed by atoms with Gasteiger partial charge < -0.3 is 13.7 Å². The molecule has 2 heterocycles. The molecule has 4 heteroatoms. The van der Waals surface area contributed by atoms with Crippen LogP contribution in [0.4, 0.5) is 17.1 Å². The lowest BCUT2D eigenvalue weighted by Gasteiger charge is -2.27. The molecular formula is C59H38N2O2. The lowest BCUT2D eigenvalue weighted by molar-refractivity contribution is 0.620. The van der Waals surface area contributed by atoms with Gasteiger partial charge in [0.2, 0.25) is 5.89 Å². The van der Waals surface area contributed by atoms with Crippen molar-refractivity contribution in [3.05, 3.63) is 231 Å². The molecule has 0 atom stereocenters. The van der Waals surface area contributed by atoms with Gasteiger partial charge in [0.15, 0.2) is 5.58 Å². The van der Waals surface area contributed by atoms with Crippen LogP contribution in [-0.4, -0.2) is 4.98 Å². The molecule has 0 bridgehead atoms. The number of hydrogen-bond donors (Lipinski definition) is 0.